The van der Waals surface area contributed by atoms with Crippen LogP contribution in [0.2, 0.25) is 0 Å². The Balaban J connectivity index is 1.77. The van der Waals surface area contributed by atoms with Crippen molar-refractivity contribution < 1.29 is 9.59 Å². The first kappa shape index (κ1) is 9.76. The lowest BCUT2D eigenvalue weighted by molar-refractivity contribution is -0.123. The Kier molecular flexibility index (Phi) is 1.82. The predicted octanol–water partition coefficient (Wildman–Crippen LogP) is 1.68. The average molecular weight is 248 g/mol. The summed E-state index contributed by atoms with van der Waals surface area (Å²) < 4.78 is 0. The van der Waals surface area contributed by atoms with E-state index in [1.807, 2.05) is 0 Å². The molecule has 17 heavy (non-hydrogen) atoms. The molecule has 2 amide bonds. The first-order valence-corrected chi connectivity index (χ1v) is 6.92. The van der Waals surface area contributed by atoms with Crippen molar-refractivity contribution in [3.8, 4) is 0 Å². The lowest BCUT2D eigenvalue weighted by Gasteiger charge is -2.19. The van der Waals surface area contributed by atoms with E-state index in [4.69, 9.17) is 0 Å². The molecule has 0 unspecified atom stereocenters. The standard InChI is InChI=1S/C12H12N2O2S/c15-10-8-6-1-2-7(5-6)9(8)11(16)14(10)12-13-3-4-17-12/h3-4,6-9H,1-2,5H2/t6-,7-,8-,9-/m0/s1. The zero-order valence-electron chi connectivity index (χ0n) is 9.20. The SMILES string of the molecule is O=C1[C@H]2[C@H]3CC[C@@H](C3)[C@@H]2C(=O)N1c1nccs1. The summed E-state index contributed by atoms with van der Waals surface area (Å²) in [7, 11) is 0. The number of hydrogen-bond donors (Lipinski definition) is 0. The minimum absolute atomic E-state index is 0.00199. The van der Waals surface area contributed by atoms with Crippen molar-refractivity contribution in [3.63, 3.8) is 0 Å². The molecule has 0 radical (unpaired) electrons. The van der Waals surface area contributed by atoms with E-state index in [1.54, 1.807) is 11.6 Å². The van der Waals surface area contributed by atoms with Gasteiger partial charge < -0.3 is 0 Å². The van der Waals surface area contributed by atoms with Crippen LogP contribution in [0.1, 0.15) is 19.3 Å². The Hall–Kier alpha value is -1.23. The fourth-order valence-electron chi connectivity index (χ4n) is 3.92. The van der Waals surface area contributed by atoms with Gasteiger partial charge in [-0.2, -0.15) is 0 Å². The number of aromatic nitrogens is 1. The predicted molar refractivity (Wildman–Crippen MR) is 62.4 cm³/mol. The van der Waals surface area contributed by atoms with Gasteiger partial charge in [-0.1, -0.05) is 0 Å². The Bertz CT molecular complexity index is 471. The fraction of sp³-hybridized carbons (Fsp3) is 0.583. The number of anilines is 1. The van der Waals surface area contributed by atoms with Crippen LogP contribution in [0.5, 0.6) is 0 Å². The normalized spacial score (nSPS) is 39.2. The number of hydrogen-bond acceptors (Lipinski definition) is 4. The summed E-state index contributed by atoms with van der Waals surface area (Å²) in [6.07, 6.45) is 4.97. The van der Waals surface area contributed by atoms with E-state index in [0.717, 1.165) is 19.3 Å². The molecule has 1 aromatic rings. The van der Waals surface area contributed by atoms with E-state index in [2.05, 4.69) is 4.98 Å². The summed E-state index contributed by atoms with van der Waals surface area (Å²) in [5, 5.41) is 2.35. The molecule has 0 aromatic carbocycles. The maximum absolute atomic E-state index is 12.4. The summed E-state index contributed by atoms with van der Waals surface area (Å²) >= 11 is 1.36. The minimum Gasteiger partial charge on any atom is -0.274 e. The van der Waals surface area contributed by atoms with Crippen molar-refractivity contribution in [2.75, 3.05) is 4.90 Å². The van der Waals surface area contributed by atoms with Gasteiger partial charge in [0.2, 0.25) is 11.8 Å². The van der Waals surface area contributed by atoms with Crippen LogP contribution in [0.15, 0.2) is 11.6 Å². The summed E-state index contributed by atoms with van der Waals surface area (Å²) in [5.74, 6) is 0.831. The maximum atomic E-state index is 12.4. The lowest BCUT2D eigenvalue weighted by atomic mass is 9.81. The first-order chi connectivity index (χ1) is 8.27. The molecule has 4 atom stereocenters. The number of thiazole rings is 1. The van der Waals surface area contributed by atoms with Gasteiger partial charge in [0, 0.05) is 11.6 Å². The molecular formula is C12H12N2O2S. The Morgan fingerprint density at radius 2 is 1.82 bits per heavy atom. The fourth-order valence-corrected chi connectivity index (χ4v) is 4.57. The molecule has 2 saturated carbocycles. The smallest absolute Gasteiger partial charge is 0.239 e. The molecule has 1 aliphatic heterocycles. The Morgan fingerprint density at radius 3 is 2.35 bits per heavy atom. The zero-order valence-corrected chi connectivity index (χ0v) is 10.0. The second-order valence-electron chi connectivity index (χ2n) is 5.21. The van der Waals surface area contributed by atoms with Crippen LogP contribution in [-0.2, 0) is 9.59 Å². The number of nitrogens with zero attached hydrogens (tertiary/aromatic N) is 2. The van der Waals surface area contributed by atoms with Crippen LogP contribution >= 0.6 is 11.3 Å². The molecule has 4 nitrogen and oxygen atoms in total. The number of carbonyl (C=O) groups excluding carboxylic acids is 2. The lowest BCUT2D eigenvalue weighted by Crippen LogP contribution is -2.32. The summed E-state index contributed by atoms with van der Waals surface area (Å²) in [6, 6.07) is 0. The summed E-state index contributed by atoms with van der Waals surface area (Å²) in [5.41, 5.74) is 0. The van der Waals surface area contributed by atoms with E-state index < -0.39 is 0 Å². The quantitative estimate of drug-likeness (QED) is 0.710. The van der Waals surface area contributed by atoms with Gasteiger partial charge in [-0.05, 0) is 31.1 Å². The third-order valence-electron chi connectivity index (χ3n) is 4.54. The van der Waals surface area contributed by atoms with E-state index >= 15 is 0 Å². The molecule has 1 saturated heterocycles. The zero-order chi connectivity index (χ0) is 11.6. The highest BCUT2D eigenvalue weighted by atomic mass is 32.1. The van der Waals surface area contributed by atoms with Crippen molar-refractivity contribution in [3.05, 3.63) is 11.6 Å². The van der Waals surface area contributed by atoms with E-state index in [-0.39, 0.29) is 23.7 Å². The molecule has 0 N–H and O–H groups in total. The van der Waals surface area contributed by atoms with Gasteiger partial charge in [0.15, 0.2) is 5.13 Å². The number of carbonyl (C=O) groups is 2. The van der Waals surface area contributed by atoms with Gasteiger partial charge in [-0.25, -0.2) is 9.88 Å². The van der Waals surface area contributed by atoms with Crippen LogP contribution < -0.4 is 4.90 Å². The van der Waals surface area contributed by atoms with Crippen molar-refractivity contribution in [2.24, 2.45) is 23.7 Å². The highest BCUT2D eigenvalue weighted by Gasteiger charge is 2.61. The number of rotatable bonds is 1. The maximum Gasteiger partial charge on any atom is 0.239 e. The van der Waals surface area contributed by atoms with Gasteiger partial charge in [-0.15, -0.1) is 11.3 Å². The molecule has 3 fully saturated rings. The second kappa shape index (κ2) is 3.16. The Labute approximate surface area is 103 Å². The number of imide groups is 1. The molecule has 1 aromatic heterocycles. The largest absolute Gasteiger partial charge is 0.274 e. The molecule has 2 heterocycles. The monoisotopic (exact) mass is 248 g/mol. The van der Waals surface area contributed by atoms with Crippen molar-refractivity contribution in [1.29, 1.82) is 0 Å². The summed E-state index contributed by atoms with van der Waals surface area (Å²) in [6.45, 7) is 0. The average Bonchev–Trinajstić information content (AvgIpc) is 3.03. The third-order valence-corrected chi connectivity index (χ3v) is 5.29. The Morgan fingerprint density at radius 1 is 1.18 bits per heavy atom. The number of fused-ring (bicyclic) bond motifs is 5. The molecular weight excluding hydrogens is 236 g/mol. The van der Waals surface area contributed by atoms with Crippen molar-refractivity contribution >= 4 is 28.3 Å². The number of amides is 2. The molecule has 5 heteroatoms. The molecule has 88 valence electrons. The summed E-state index contributed by atoms with van der Waals surface area (Å²) in [4.78, 5) is 30.2. The first-order valence-electron chi connectivity index (χ1n) is 6.04. The van der Waals surface area contributed by atoms with E-state index in [0.29, 0.717) is 17.0 Å². The highest BCUT2D eigenvalue weighted by Crippen LogP contribution is 2.56. The van der Waals surface area contributed by atoms with Gasteiger partial charge in [0.1, 0.15) is 0 Å². The molecule has 2 aliphatic carbocycles. The topological polar surface area (TPSA) is 50.3 Å². The molecule has 0 spiro atoms. The second-order valence-corrected chi connectivity index (χ2v) is 6.08. The minimum atomic E-state index is -0.0369. The van der Waals surface area contributed by atoms with Gasteiger partial charge >= 0.3 is 0 Å². The van der Waals surface area contributed by atoms with Crippen LogP contribution in [-0.4, -0.2) is 16.8 Å². The van der Waals surface area contributed by atoms with Gasteiger partial charge in [0.05, 0.1) is 11.8 Å². The van der Waals surface area contributed by atoms with E-state index in [9.17, 15) is 9.59 Å². The third kappa shape index (κ3) is 1.10. The molecule has 2 bridgehead atoms. The highest BCUT2D eigenvalue weighted by molar-refractivity contribution is 7.14. The molecule has 4 rings (SSSR count). The van der Waals surface area contributed by atoms with E-state index in [1.165, 1.54) is 16.2 Å². The van der Waals surface area contributed by atoms with Crippen LogP contribution in [0.4, 0.5) is 5.13 Å². The van der Waals surface area contributed by atoms with Crippen molar-refractivity contribution in [2.45, 2.75) is 19.3 Å². The van der Waals surface area contributed by atoms with Crippen molar-refractivity contribution in [1.82, 2.24) is 4.98 Å². The van der Waals surface area contributed by atoms with Gasteiger partial charge in [0.25, 0.3) is 0 Å². The molecule has 3 aliphatic rings. The van der Waals surface area contributed by atoms with Crippen LogP contribution in [0, 0.1) is 23.7 Å². The van der Waals surface area contributed by atoms with Crippen LogP contribution in [0.25, 0.3) is 0 Å². The van der Waals surface area contributed by atoms with Gasteiger partial charge in [-0.3, -0.25) is 9.59 Å². The van der Waals surface area contributed by atoms with Crippen LogP contribution in [0.3, 0.4) is 0 Å².